The zero-order chi connectivity index (χ0) is 25.6. The molecule has 188 valence electrons. The molecule has 4 atom stereocenters. The van der Waals surface area contributed by atoms with Crippen LogP contribution in [0.15, 0.2) is 53.6 Å². The molecule has 1 heterocycles. The lowest BCUT2D eigenvalue weighted by Crippen LogP contribution is -2.43. The Morgan fingerprint density at radius 2 is 1.75 bits per heavy atom. The molecule has 0 radical (unpaired) electrons. The molecule has 1 amide bonds. The van der Waals surface area contributed by atoms with Crippen molar-refractivity contribution in [3.63, 3.8) is 0 Å². The Morgan fingerprint density at radius 3 is 2.36 bits per heavy atom. The Hall–Kier alpha value is -2.55. The zero-order valence-corrected chi connectivity index (χ0v) is 21.0. The third-order valence-corrected chi connectivity index (χ3v) is 9.06. The van der Waals surface area contributed by atoms with Crippen molar-refractivity contribution >= 4 is 35.0 Å². The normalized spacial score (nSPS) is 25.1. The number of pyridine rings is 1. The lowest BCUT2D eigenvalue weighted by Gasteiger charge is -2.43. The van der Waals surface area contributed by atoms with Gasteiger partial charge in [-0.05, 0) is 68.7 Å². The smallest absolute Gasteiger partial charge is 0.255 e. The fourth-order valence-corrected chi connectivity index (χ4v) is 7.16. The van der Waals surface area contributed by atoms with Crippen molar-refractivity contribution in [3.05, 3.63) is 88.0 Å². The highest BCUT2D eigenvalue weighted by molar-refractivity contribution is 8.00. The van der Waals surface area contributed by atoms with Crippen LogP contribution in [0.1, 0.15) is 47.3 Å². The van der Waals surface area contributed by atoms with Gasteiger partial charge in [0.15, 0.2) is 17.5 Å². The van der Waals surface area contributed by atoms with Gasteiger partial charge in [-0.3, -0.25) is 9.78 Å². The Labute approximate surface area is 216 Å². The first-order valence-electron chi connectivity index (χ1n) is 11.7. The number of aryl methyl sites for hydroxylation is 1. The first kappa shape index (κ1) is 25.1. The molecule has 3 aromatic rings. The molecule has 2 N–H and O–H groups in total. The van der Waals surface area contributed by atoms with E-state index in [4.69, 9.17) is 11.6 Å². The van der Waals surface area contributed by atoms with E-state index in [1.807, 2.05) is 19.1 Å². The number of aliphatic hydroxyl groups is 1. The van der Waals surface area contributed by atoms with Crippen LogP contribution in [0.3, 0.4) is 0 Å². The van der Waals surface area contributed by atoms with Crippen LogP contribution in [0.2, 0.25) is 5.02 Å². The highest BCUT2D eigenvalue weighted by Crippen LogP contribution is 2.57. The zero-order valence-electron chi connectivity index (χ0n) is 19.4. The summed E-state index contributed by atoms with van der Waals surface area (Å²) in [6.07, 6.45) is 5.25. The van der Waals surface area contributed by atoms with Crippen molar-refractivity contribution in [2.75, 3.05) is 5.32 Å². The second-order valence-corrected chi connectivity index (χ2v) is 11.3. The third-order valence-electron chi connectivity index (χ3n) is 7.31. The van der Waals surface area contributed by atoms with Gasteiger partial charge < -0.3 is 10.4 Å². The highest BCUT2D eigenvalue weighted by Gasteiger charge is 2.54. The summed E-state index contributed by atoms with van der Waals surface area (Å²) in [6.45, 7) is 1.92. The van der Waals surface area contributed by atoms with Crippen molar-refractivity contribution in [2.45, 2.75) is 48.4 Å². The molecule has 2 bridgehead atoms. The van der Waals surface area contributed by atoms with Crippen LogP contribution < -0.4 is 5.32 Å². The predicted octanol–water partition coefficient (Wildman–Crippen LogP) is 6.88. The number of benzene rings is 2. The van der Waals surface area contributed by atoms with E-state index < -0.39 is 29.0 Å². The topological polar surface area (TPSA) is 62.2 Å². The quantitative estimate of drug-likeness (QED) is 0.352. The summed E-state index contributed by atoms with van der Waals surface area (Å²) < 4.78 is 40.2. The summed E-state index contributed by atoms with van der Waals surface area (Å²) in [7, 11) is 0. The number of halogens is 4. The van der Waals surface area contributed by atoms with Crippen LogP contribution in [-0.4, -0.2) is 21.2 Å². The molecule has 2 aromatic carbocycles. The minimum absolute atomic E-state index is 0.104. The summed E-state index contributed by atoms with van der Waals surface area (Å²) in [6, 6.07) is 10.1. The first-order chi connectivity index (χ1) is 17.1. The van der Waals surface area contributed by atoms with Gasteiger partial charge in [0.1, 0.15) is 0 Å². The van der Waals surface area contributed by atoms with Crippen LogP contribution in [0.5, 0.6) is 0 Å². The molecule has 0 aliphatic heterocycles. The van der Waals surface area contributed by atoms with Gasteiger partial charge in [-0.2, -0.15) is 0 Å². The average Bonchev–Trinajstić information content (AvgIpc) is 3.01. The highest BCUT2D eigenvalue weighted by atomic mass is 35.5. The number of aromatic nitrogens is 1. The maximum absolute atomic E-state index is 13.5. The lowest BCUT2D eigenvalue weighted by molar-refractivity contribution is -0.0643. The minimum Gasteiger partial charge on any atom is -0.385 e. The largest absolute Gasteiger partial charge is 0.385 e. The van der Waals surface area contributed by atoms with Crippen molar-refractivity contribution in [1.82, 2.24) is 4.98 Å². The van der Waals surface area contributed by atoms with Crippen LogP contribution in [-0.2, 0) is 5.60 Å². The number of hydrogen-bond donors (Lipinski definition) is 2. The van der Waals surface area contributed by atoms with E-state index in [2.05, 4.69) is 10.3 Å². The molecule has 2 aliphatic carbocycles. The molecule has 2 aliphatic rings. The number of anilines is 1. The van der Waals surface area contributed by atoms with Crippen molar-refractivity contribution < 1.29 is 23.1 Å². The van der Waals surface area contributed by atoms with Crippen LogP contribution in [0.25, 0.3) is 0 Å². The first-order valence-corrected chi connectivity index (χ1v) is 13.0. The maximum atomic E-state index is 13.5. The number of nitrogens with one attached hydrogen (secondary N) is 1. The predicted molar refractivity (Wildman–Crippen MR) is 134 cm³/mol. The molecule has 1 aromatic heterocycles. The second kappa shape index (κ2) is 9.72. The molecule has 2 saturated carbocycles. The second-order valence-electron chi connectivity index (χ2n) is 9.55. The van der Waals surface area contributed by atoms with Gasteiger partial charge in [0, 0.05) is 51.0 Å². The number of rotatable bonds is 5. The standard InChI is InChI=1S/C27H24ClF3N2O2S/c1-14-2-4-18(13-32-14)27(35)16-5-6-17(27)10-20(9-16)36-24-8-15(3-7-21(24)28)26(34)33-19-11-22(29)25(31)23(30)12-19/h2-4,7-8,11-13,16-17,20,35H,5-6,9-10H2,1H3,(H,33,34)/t16-,17?,20?,27?/m0/s1. The fourth-order valence-electron chi connectivity index (χ4n) is 5.52. The molecule has 3 unspecified atom stereocenters. The van der Waals surface area contributed by atoms with E-state index >= 15 is 0 Å². The van der Waals surface area contributed by atoms with E-state index in [9.17, 15) is 23.1 Å². The van der Waals surface area contributed by atoms with Crippen LogP contribution in [0.4, 0.5) is 18.9 Å². The van der Waals surface area contributed by atoms with Gasteiger partial charge in [0.25, 0.3) is 5.91 Å². The van der Waals surface area contributed by atoms with E-state index in [-0.39, 0.29) is 28.3 Å². The Kier molecular flexibility index (Phi) is 6.78. The van der Waals surface area contributed by atoms with Gasteiger partial charge in [-0.1, -0.05) is 17.7 Å². The molecule has 2 fully saturated rings. The number of fused-ring (bicyclic) bond motifs is 2. The van der Waals surface area contributed by atoms with Gasteiger partial charge in [-0.15, -0.1) is 11.8 Å². The molecule has 4 nitrogen and oxygen atoms in total. The Morgan fingerprint density at radius 1 is 1.08 bits per heavy atom. The summed E-state index contributed by atoms with van der Waals surface area (Å²) in [5.74, 6) is -4.75. The van der Waals surface area contributed by atoms with Crippen molar-refractivity contribution in [1.29, 1.82) is 0 Å². The number of thioether (sulfide) groups is 1. The number of amides is 1. The van der Waals surface area contributed by atoms with Crippen LogP contribution >= 0.6 is 23.4 Å². The number of hydrogen-bond acceptors (Lipinski definition) is 4. The van der Waals surface area contributed by atoms with Gasteiger partial charge in [0.2, 0.25) is 0 Å². The summed E-state index contributed by atoms with van der Waals surface area (Å²) >= 11 is 8.02. The maximum Gasteiger partial charge on any atom is 0.255 e. The molecular weight excluding hydrogens is 509 g/mol. The third kappa shape index (κ3) is 4.62. The number of carbonyl (C=O) groups excluding carboxylic acids is 1. The minimum atomic E-state index is -1.59. The fraction of sp³-hybridized carbons (Fsp3) is 0.333. The van der Waals surface area contributed by atoms with Crippen molar-refractivity contribution in [3.8, 4) is 0 Å². The van der Waals surface area contributed by atoms with Crippen LogP contribution in [0, 0.1) is 36.2 Å². The molecule has 0 saturated heterocycles. The monoisotopic (exact) mass is 532 g/mol. The average molecular weight is 533 g/mol. The molecular formula is C27H24ClF3N2O2S. The van der Waals surface area contributed by atoms with Gasteiger partial charge >= 0.3 is 0 Å². The molecule has 9 heteroatoms. The Bertz CT molecular complexity index is 1280. The Balaban J connectivity index is 1.31. The molecule has 0 spiro atoms. The van der Waals surface area contributed by atoms with E-state index in [1.165, 1.54) is 6.07 Å². The number of nitrogens with zero attached hydrogens (tertiary/aromatic N) is 1. The lowest BCUT2D eigenvalue weighted by atomic mass is 9.71. The molecule has 36 heavy (non-hydrogen) atoms. The summed E-state index contributed by atoms with van der Waals surface area (Å²) in [5.41, 5.74) is 0.965. The van der Waals surface area contributed by atoms with Gasteiger partial charge in [-0.25, -0.2) is 13.2 Å². The van der Waals surface area contributed by atoms with Gasteiger partial charge in [0.05, 0.1) is 10.6 Å². The van der Waals surface area contributed by atoms with E-state index in [0.29, 0.717) is 9.92 Å². The van der Waals surface area contributed by atoms with E-state index in [1.54, 1.807) is 30.1 Å². The molecule has 5 rings (SSSR count). The number of carbonyl (C=O) groups is 1. The summed E-state index contributed by atoms with van der Waals surface area (Å²) in [4.78, 5) is 17.8. The van der Waals surface area contributed by atoms with Crippen molar-refractivity contribution in [2.24, 2.45) is 11.8 Å². The summed E-state index contributed by atoms with van der Waals surface area (Å²) in [5, 5.41) is 14.8. The van der Waals surface area contributed by atoms with E-state index in [0.717, 1.165) is 49.1 Å². The SMILES string of the molecule is Cc1ccc(C2(O)C3CC[C@H]2CC(Sc2cc(C(=O)Nc4cc(F)c(F)c(F)c4)ccc2Cl)C3)cn1.